The highest BCUT2D eigenvalue weighted by Gasteiger charge is 1.97. The molecule has 0 amide bonds. The maximum absolute atomic E-state index is 4.15. The molecule has 0 saturated carbocycles. The molecule has 0 radical (unpaired) electrons. The lowest BCUT2D eigenvalue weighted by Crippen LogP contribution is -2.22. The van der Waals surface area contributed by atoms with Gasteiger partial charge >= 0.3 is 0 Å². The Labute approximate surface area is 70.9 Å². The van der Waals surface area contributed by atoms with Crippen LogP contribution in [-0.2, 0) is 0 Å². The molecule has 1 aromatic rings. The van der Waals surface area contributed by atoms with Gasteiger partial charge in [-0.25, -0.2) is 0 Å². The molecule has 0 bridgehead atoms. The van der Waals surface area contributed by atoms with Crippen LogP contribution < -0.4 is 9.58 Å². The van der Waals surface area contributed by atoms with E-state index in [1.807, 2.05) is 10.6 Å². The van der Waals surface area contributed by atoms with Crippen LogP contribution in [0.15, 0.2) is 36.7 Å². The summed E-state index contributed by atoms with van der Waals surface area (Å²) in [5, 5.41) is 5.09. The van der Waals surface area contributed by atoms with Crippen molar-refractivity contribution in [2.75, 3.05) is 0 Å². The zero-order valence-corrected chi connectivity index (χ0v) is 6.77. The summed E-state index contributed by atoms with van der Waals surface area (Å²) in [7, 11) is 0. The number of aromatic nitrogens is 2. The van der Waals surface area contributed by atoms with Gasteiger partial charge in [0.25, 0.3) is 0 Å². The van der Waals surface area contributed by atoms with E-state index in [0.717, 1.165) is 17.4 Å². The van der Waals surface area contributed by atoms with E-state index in [2.05, 4.69) is 36.0 Å². The van der Waals surface area contributed by atoms with Gasteiger partial charge in [-0.15, -0.1) is 4.36 Å². The van der Waals surface area contributed by atoms with Crippen LogP contribution in [0.2, 0.25) is 0 Å². The Morgan fingerprint density at radius 3 is 2.75 bits per heavy atom. The fraction of sp³-hybridized carbons (Fsp3) is 0.100. The molecule has 0 spiro atoms. The number of allylic oxidation sites excluding steroid dienone is 4. The molecule has 1 aliphatic rings. The minimum absolute atomic E-state index is 0.940. The number of hydrogen-bond donors (Lipinski definition) is 0. The molecule has 2 nitrogen and oxygen atoms in total. The van der Waals surface area contributed by atoms with Crippen molar-refractivity contribution in [1.29, 1.82) is 0 Å². The molecule has 0 aromatic carbocycles. The molecular formula is C10H10N2. The standard InChI is InChI=1S/C10H10N2/c1-9-7-11-12(8-9)10-5-3-2-4-6-10/h3-8H,1-2H2. The highest BCUT2D eigenvalue weighted by Crippen LogP contribution is 2.00. The molecule has 12 heavy (non-hydrogen) atoms. The van der Waals surface area contributed by atoms with E-state index in [9.17, 15) is 0 Å². The van der Waals surface area contributed by atoms with Gasteiger partial charge in [0, 0.05) is 6.20 Å². The van der Waals surface area contributed by atoms with Crippen molar-refractivity contribution in [3.8, 4) is 0 Å². The second kappa shape index (κ2) is 2.81. The van der Waals surface area contributed by atoms with Gasteiger partial charge in [-0.2, -0.15) is 6.58 Å². The maximum atomic E-state index is 4.15. The topological polar surface area (TPSA) is 18.8 Å². The number of rotatable bonds is 0. The first-order valence-corrected chi connectivity index (χ1v) is 3.93. The molecule has 60 valence electrons. The molecule has 0 saturated heterocycles. The second-order valence-corrected chi connectivity index (χ2v) is 2.76. The summed E-state index contributed by atoms with van der Waals surface area (Å²) in [5.41, 5.74) is 1.09. The third kappa shape index (κ3) is 1.23. The summed E-state index contributed by atoms with van der Waals surface area (Å²) in [6, 6.07) is 0. The molecule has 0 N–H and O–H groups in total. The lowest BCUT2D eigenvalue weighted by molar-refractivity contribution is -0.579. The van der Waals surface area contributed by atoms with Crippen molar-refractivity contribution in [1.82, 2.24) is 5.10 Å². The van der Waals surface area contributed by atoms with Gasteiger partial charge in [-0.05, 0) is 18.6 Å². The second-order valence-electron chi connectivity index (χ2n) is 2.76. The molecule has 0 atom stereocenters. The lowest BCUT2D eigenvalue weighted by atomic mass is 10.2. The number of hydrogen-bond acceptors (Lipinski definition) is 1. The van der Waals surface area contributed by atoms with Crippen molar-refractivity contribution in [2.45, 2.75) is 6.42 Å². The van der Waals surface area contributed by atoms with Crippen molar-refractivity contribution in [3.05, 3.63) is 47.6 Å². The van der Waals surface area contributed by atoms with Crippen molar-refractivity contribution >= 4 is 6.58 Å². The van der Waals surface area contributed by atoms with Gasteiger partial charge in [0.1, 0.15) is 6.20 Å². The minimum Gasteiger partial charge on any atom is -0.164 e. The summed E-state index contributed by atoms with van der Waals surface area (Å²) < 4.78 is 1.83. The smallest absolute Gasteiger partial charge is 0.164 e. The van der Waals surface area contributed by atoms with Crippen LogP contribution in [0.4, 0.5) is 0 Å². The molecule has 0 aliphatic heterocycles. The molecule has 2 heteroatoms. The van der Waals surface area contributed by atoms with Gasteiger partial charge in [0.2, 0.25) is 0 Å². The van der Waals surface area contributed by atoms with Crippen LogP contribution in [0, 0.1) is 5.71 Å². The average Bonchev–Trinajstić information content (AvgIpc) is 2.54. The van der Waals surface area contributed by atoms with Crippen molar-refractivity contribution in [3.63, 3.8) is 0 Å². The molecule has 2 rings (SSSR count). The van der Waals surface area contributed by atoms with E-state index in [1.165, 1.54) is 0 Å². The largest absolute Gasteiger partial charge is 0.166 e. The zero-order valence-electron chi connectivity index (χ0n) is 6.77. The Morgan fingerprint density at radius 1 is 1.42 bits per heavy atom. The minimum atomic E-state index is 0.940. The lowest BCUT2D eigenvalue weighted by Gasteiger charge is -1.92. The summed E-state index contributed by atoms with van der Waals surface area (Å²) >= 11 is 0. The normalized spacial score (nSPS) is 15.5. The third-order valence-corrected chi connectivity index (χ3v) is 1.75. The Balaban J connectivity index is 2.63. The van der Waals surface area contributed by atoms with Crippen LogP contribution in [0.3, 0.4) is 0 Å². The summed E-state index contributed by atoms with van der Waals surface area (Å²) in [6.45, 7) is 3.79. The molecule has 0 fully saturated rings. The van der Waals surface area contributed by atoms with E-state index in [-0.39, 0.29) is 0 Å². The first kappa shape index (κ1) is 7.10. The highest BCUT2D eigenvalue weighted by molar-refractivity contribution is 5.17. The zero-order chi connectivity index (χ0) is 8.39. The van der Waals surface area contributed by atoms with E-state index < -0.39 is 0 Å². The van der Waals surface area contributed by atoms with Gasteiger partial charge in [-0.1, -0.05) is 22.5 Å². The SMILES string of the molecule is C=c1cn[n+](=C2C=CCC=C2)[cH-]1. The summed E-state index contributed by atoms with van der Waals surface area (Å²) in [5.74, 6) is 0. The molecule has 1 aromatic heterocycles. The van der Waals surface area contributed by atoms with E-state index in [0.29, 0.717) is 0 Å². The Kier molecular flexibility index (Phi) is 1.67. The van der Waals surface area contributed by atoms with Crippen molar-refractivity contribution in [2.24, 2.45) is 0 Å². The maximum Gasteiger partial charge on any atom is 0.166 e. The van der Waals surface area contributed by atoms with Gasteiger partial charge in [0.15, 0.2) is 5.71 Å². The quantitative estimate of drug-likeness (QED) is 0.395. The van der Waals surface area contributed by atoms with Crippen LogP contribution in [0.5, 0.6) is 0 Å². The van der Waals surface area contributed by atoms with Gasteiger partial charge in [-0.3, -0.25) is 0 Å². The third-order valence-electron chi connectivity index (χ3n) is 1.75. The van der Waals surface area contributed by atoms with Crippen LogP contribution in [-0.4, -0.2) is 5.10 Å². The first-order chi connectivity index (χ1) is 5.86. The predicted octanol–water partition coefficient (Wildman–Crippen LogP) is 0.394. The summed E-state index contributed by atoms with van der Waals surface area (Å²) in [6.07, 6.45) is 13.0. The van der Waals surface area contributed by atoms with Crippen molar-refractivity contribution < 1.29 is 4.36 Å². The molecule has 1 heterocycles. The molecule has 0 unspecified atom stereocenters. The molecular weight excluding hydrogens is 148 g/mol. The summed E-state index contributed by atoms with van der Waals surface area (Å²) in [4.78, 5) is 0. The van der Waals surface area contributed by atoms with Gasteiger partial charge < -0.3 is 0 Å². The average molecular weight is 158 g/mol. The fourth-order valence-electron chi connectivity index (χ4n) is 1.17. The van der Waals surface area contributed by atoms with Crippen LogP contribution >= 0.6 is 0 Å². The molecule has 1 aliphatic carbocycles. The van der Waals surface area contributed by atoms with E-state index in [1.54, 1.807) is 6.20 Å². The Morgan fingerprint density at radius 2 is 2.17 bits per heavy atom. The van der Waals surface area contributed by atoms with E-state index in [4.69, 9.17) is 0 Å². The Hall–Kier alpha value is -1.57. The Bertz CT molecular complexity index is 421. The van der Waals surface area contributed by atoms with E-state index >= 15 is 0 Å². The number of nitrogens with zero attached hydrogens (tertiary/aromatic N) is 2. The first-order valence-electron chi connectivity index (χ1n) is 3.93. The van der Waals surface area contributed by atoms with Gasteiger partial charge in [0.05, 0.1) is 0 Å². The fourth-order valence-corrected chi connectivity index (χ4v) is 1.17. The van der Waals surface area contributed by atoms with Crippen LogP contribution in [0.1, 0.15) is 6.42 Å². The highest BCUT2D eigenvalue weighted by atomic mass is 15.2. The van der Waals surface area contributed by atoms with Crippen LogP contribution in [0.25, 0.3) is 6.58 Å². The predicted molar refractivity (Wildman–Crippen MR) is 46.7 cm³/mol. The monoisotopic (exact) mass is 158 g/mol.